The van der Waals surface area contributed by atoms with E-state index in [0.29, 0.717) is 13.1 Å². The number of hydrogen-bond acceptors (Lipinski definition) is 6. The first-order valence-corrected chi connectivity index (χ1v) is 11.5. The number of rotatable bonds is 9. The molecule has 2 rings (SSSR count). The van der Waals surface area contributed by atoms with Gasteiger partial charge in [-0.25, -0.2) is 9.59 Å². The number of carbonyl (C=O) groups excluding carboxylic acids is 3. The summed E-state index contributed by atoms with van der Waals surface area (Å²) in [5.41, 5.74) is -1.39. The van der Waals surface area contributed by atoms with Gasteiger partial charge >= 0.3 is 18.1 Å². The number of hydrogen-bond donors (Lipinski definition) is 1. The lowest BCUT2D eigenvalue weighted by Gasteiger charge is -2.33. The Kier molecular flexibility index (Phi) is 9.50. The van der Waals surface area contributed by atoms with Gasteiger partial charge in [0.1, 0.15) is 0 Å². The summed E-state index contributed by atoms with van der Waals surface area (Å²) < 4.78 is 52.4. The van der Waals surface area contributed by atoms with Gasteiger partial charge in [0.15, 0.2) is 0 Å². The topological polar surface area (TPSA) is 84.9 Å². The number of benzene rings is 1. The Bertz CT molecular complexity index is 1030. The number of dihydropyridines is 1. The average molecular weight is 497 g/mol. The first kappa shape index (κ1) is 27.9. The van der Waals surface area contributed by atoms with Gasteiger partial charge in [-0.3, -0.25) is 4.79 Å². The van der Waals surface area contributed by atoms with Crippen LogP contribution in [0.4, 0.5) is 13.2 Å². The molecule has 1 N–H and O–H groups in total. The van der Waals surface area contributed by atoms with Crippen molar-refractivity contribution in [3.05, 3.63) is 57.9 Å². The third-order valence-electron chi connectivity index (χ3n) is 5.66. The van der Waals surface area contributed by atoms with E-state index < -0.39 is 29.6 Å². The van der Waals surface area contributed by atoms with Crippen LogP contribution in [0.25, 0.3) is 0 Å². The van der Waals surface area contributed by atoms with Crippen LogP contribution in [0.5, 0.6) is 0 Å². The van der Waals surface area contributed by atoms with Gasteiger partial charge in [0.2, 0.25) is 5.91 Å². The van der Waals surface area contributed by atoms with Crippen molar-refractivity contribution in [1.82, 2.24) is 10.2 Å². The maximum absolute atomic E-state index is 14.0. The summed E-state index contributed by atoms with van der Waals surface area (Å²) in [6.45, 7) is 8.98. The van der Waals surface area contributed by atoms with E-state index in [4.69, 9.17) is 9.47 Å². The van der Waals surface area contributed by atoms with Crippen molar-refractivity contribution in [3.63, 3.8) is 0 Å². The van der Waals surface area contributed by atoms with Crippen LogP contribution in [0.15, 0.2) is 46.8 Å². The average Bonchev–Trinajstić information content (AvgIpc) is 2.79. The zero-order chi connectivity index (χ0) is 26.3. The molecule has 0 spiro atoms. The van der Waals surface area contributed by atoms with Crippen LogP contribution >= 0.6 is 0 Å². The second-order valence-electron chi connectivity index (χ2n) is 7.76. The zero-order valence-electron chi connectivity index (χ0n) is 20.5. The smallest absolute Gasteiger partial charge is 0.416 e. The number of alkyl halides is 3. The molecule has 1 unspecified atom stereocenters. The number of esters is 2. The molecule has 0 radical (unpaired) electrons. The number of nitrogens with zero attached hydrogens (tertiary/aromatic N) is 1. The van der Waals surface area contributed by atoms with Gasteiger partial charge in [0.05, 0.1) is 42.3 Å². The summed E-state index contributed by atoms with van der Waals surface area (Å²) in [6, 6.07) is 4.73. The molecule has 1 amide bonds. The number of amides is 1. The Hall–Kier alpha value is -3.30. The highest BCUT2D eigenvalue weighted by molar-refractivity contribution is 6.00. The fourth-order valence-electron chi connectivity index (χ4n) is 4.12. The summed E-state index contributed by atoms with van der Waals surface area (Å²) in [7, 11) is 0. The number of nitrogens with one attached hydrogen (secondary N) is 1. The molecular weight excluding hydrogens is 465 g/mol. The second kappa shape index (κ2) is 11.9. The van der Waals surface area contributed by atoms with E-state index in [1.807, 2.05) is 0 Å². The predicted molar refractivity (Wildman–Crippen MR) is 123 cm³/mol. The van der Waals surface area contributed by atoms with E-state index >= 15 is 0 Å². The van der Waals surface area contributed by atoms with Gasteiger partial charge in [-0.1, -0.05) is 18.2 Å². The number of allylic oxidation sites excluding steroid dienone is 1. The number of carbonyl (C=O) groups is 3. The Morgan fingerprint density at radius 2 is 1.49 bits per heavy atom. The van der Waals surface area contributed by atoms with E-state index in [-0.39, 0.29) is 53.6 Å². The highest BCUT2D eigenvalue weighted by Gasteiger charge is 2.44. The van der Waals surface area contributed by atoms with Gasteiger partial charge in [-0.15, -0.1) is 0 Å². The lowest BCUT2D eigenvalue weighted by atomic mass is 9.78. The molecule has 0 fully saturated rings. The minimum atomic E-state index is -4.76. The number of halogens is 3. The van der Waals surface area contributed by atoms with Crippen molar-refractivity contribution >= 4 is 17.8 Å². The molecule has 1 atom stereocenters. The Balaban J connectivity index is 2.86. The monoisotopic (exact) mass is 496 g/mol. The molecule has 0 saturated carbocycles. The van der Waals surface area contributed by atoms with Crippen LogP contribution in [-0.4, -0.2) is 49.0 Å². The first-order valence-electron chi connectivity index (χ1n) is 11.5. The van der Waals surface area contributed by atoms with Crippen molar-refractivity contribution in [2.24, 2.45) is 0 Å². The zero-order valence-corrected chi connectivity index (χ0v) is 20.5. The van der Waals surface area contributed by atoms with Crippen LogP contribution in [0, 0.1) is 0 Å². The fraction of sp³-hybridized carbons (Fsp3) is 0.480. The SMILES string of the molecule is CCOC(=O)C1=C(C)NC(CC(=O)N(CC)CC)=C(C(=O)OCC)C1c1ccccc1C(F)(F)F. The van der Waals surface area contributed by atoms with Crippen molar-refractivity contribution in [1.29, 1.82) is 0 Å². The molecule has 1 aliphatic rings. The lowest BCUT2D eigenvalue weighted by Crippen LogP contribution is -2.37. The molecule has 0 saturated heterocycles. The maximum atomic E-state index is 14.0. The molecule has 1 aliphatic heterocycles. The summed E-state index contributed by atoms with van der Waals surface area (Å²) in [6.07, 6.45) is -5.04. The quantitative estimate of drug-likeness (QED) is 0.513. The van der Waals surface area contributed by atoms with Gasteiger partial charge in [0, 0.05) is 24.5 Å². The Labute approximate surface area is 202 Å². The van der Waals surface area contributed by atoms with Gasteiger partial charge in [-0.05, 0) is 46.2 Å². The normalized spacial score (nSPS) is 16.1. The fourth-order valence-corrected chi connectivity index (χ4v) is 4.12. The van der Waals surface area contributed by atoms with Crippen molar-refractivity contribution < 1.29 is 37.0 Å². The molecule has 1 aromatic carbocycles. The minimum absolute atomic E-state index is 0.0188. The summed E-state index contributed by atoms with van der Waals surface area (Å²) >= 11 is 0. The van der Waals surface area contributed by atoms with Crippen LogP contribution in [0.3, 0.4) is 0 Å². The Morgan fingerprint density at radius 1 is 0.943 bits per heavy atom. The molecule has 0 aliphatic carbocycles. The lowest BCUT2D eigenvalue weighted by molar-refractivity contribution is -0.142. The minimum Gasteiger partial charge on any atom is -0.463 e. The maximum Gasteiger partial charge on any atom is 0.416 e. The molecular formula is C25H31F3N2O5. The van der Waals surface area contributed by atoms with Gasteiger partial charge in [0.25, 0.3) is 0 Å². The molecule has 7 nitrogen and oxygen atoms in total. The second-order valence-corrected chi connectivity index (χ2v) is 7.76. The molecule has 35 heavy (non-hydrogen) atoms. The molecule has 0 aromatic heterocycles. The van der Waals surface area contributed by atoms with Crippen molar-refractivity contribution in [3.8, 4) is 0 Å². The predicted octanol–water partition coefficient (Wildman–Crippen LogP) is 4.31. The standard InChI is InChI=1S/C25H31F3N2O5/c1-6-30(7-2)19(31)14-18-22(24(33)35-9-4)21(20(15(5)29-18)23(32)34-8-3)16-12-10-11-13-17(16)25(26,27)28/h10-13,21,29H,6-9,14H2,1-5H3. The van der Waals surface area contributed by atoms with Crippen molar-refractivity contribution in [2.75, 3.05) is 26.3 Å². The number of ether oxygens (including phenoxy) is 2. The van der Waals surface area contributed by atoms with Crippen molar-refractivity contribution in [2.45, 2.75) is 53.1 Å². The largest absolute Gasteiger partial charge is 0.463 e. The molecule has 1 aromatic rings. The summed E-state index contributed by atoms with van der Waals surface area (Å²) in [5, 5.41) is 2.92. The third kappa shape index (κ3) is 6.23. The van der Waals surface area contributed by atoms with Crippen LogP contribution in [0.1, 0.15) is 58.1 Å². The van der Waals surface area contributed by atoms with E-state index in [1.165, 1.54) is 30.0 Å². The molecule has 0 bridgehead atoms. The van der Waals surface area contributed by atoms with Crippen LogP contribution in [-0.2, 0) is 30.0 Å². The molecule has 1 heterocycles. The van der Waals surface area contributed by atoms with E-state index in [2.05, 4.69) is 5.32 Å². The van der Waals surface area contributed by atoms with E-state index in [9.17, 15) is 27.6 Å². The van der Waals surface area contributed by atoms with Gasteiger partial charge < -0.3 is 19.7 Å². The van der Waals surface area contributed by atoms with Crippen LogP contribution < -0.4 is 5.32 Å². The molecule has 10 heteroatoms. The highest BCUT2D eigenvalue weighted by Crippen LogP contribution is 2.45. The van der Waals surface area contributed by atoms with E-state index in [0.717, 1.165) is 6.07 Å². The van der Waals surface area contributed by atoms with E-state index in [1.54, 1.807) is 27.7 Å². The van der Waals surface area contributed by atoms with Crippen LogP contribution in [0.2, 0.25) is 0 Å². The highest BCUT2D eigenvalue weighted by atomic mass is 19.4. The summed E-state index contributed by atoms with van der Waals surface area (Å²) in [4.78, 5) is 40.6. The van der Waals surface area contributed by atoms with Gasteiger partial charge in [-0.2, -0.15) is 13.2 Å². The summed E-state index contributed by atoms with van der Waals surface area (Å²) in [5.74, 6) is -3.56. The third-order valence-corrected chi connectivity index (χ3v) is 5.66. The molecule has 192 valence electrons. The first-order chi connectivity index (χ1) is 16.5. The Morgan fingerprint density at radius 3 is 2.00 bits per heavy atom.